The highest BCUT2D eigenvalue weighted by atomic mass is 31.2. The van der Waals surface area contributed by atoms with Gasteiger partial charge in [-0.1, -0.05) is 0 Å². The fourth-order valence-electron chi connectivity index (χ4n) is 1.91. The molecule has 0 aromatic carbocycles. The highest BCUT2D eigenvalue weighted by Gasteiger charge is 2.50. The zero-order valence-corrected chi connectivity index (χ0v) is 9.92. The van der Waals surface area contributed by atoms with Gasteiger partial charge in [0.1, 0.15) is 5.60 Å². The summed E-state index contributed by atoms with van der Waals surface area (Å²) in [4.78, 5) is 0. The van der Waals surface area contributed by atoms with Crippen LogP contribution in [0.3, 0.4) is 0 Å². The molecule has 0 aromatic heterocycles. The first-order valence-electron chi connectivity index (χ1n) is 5.00. The van der Waals surface area contributed by atoms with Crippen LogP contribution in [0.4, 0.5) is 0 Å². The summed E-state index contributed by atoms with van der Waals surface area (Å²) in [5.41, 5.74) is -0.695. The van der Waals surface area contributed by atoms with E-state index in [1.54, 1.807) is 6.92 Å². The van der Waals surface area contributed by atoms with E-state index in [0.717, 1.165) is 0 Å². The van der Waals surface area contributed by atoms with E-state index in [1.807, 2.05) is 13.8 Å². The van der Waals surface area contributed by atoms with E-state index in [4.69, 9.17) is 9.26 Å². The molecule has 0 saturated carbocycles. The van der Waals surface area contributed by atoms with Crippen molar-refractivity contribution in [1.29, 1.82) is 0 Å². The predicted octanol–water partition coefficient (Wildman–Crippen LogP) is 1.47. The van der Waals surface area contributed by atoms with E-state index >= 15 is 0 Å². The van der Waals surface area contributed by atoms with Gasteiger partial charge in [0.2, 0.25) is 7.37 Å². The van der Waals surface area contributed by atoms with Crippen LogP contribution in [0.25, 0.3) is 0 Å². The molecule has 1 aliphatic heterocycles. The van der Waals surface area contributed by atoms with Gasteiger partial charge in [-0.15, -0.1) is 0 Å². The van der Waals surface area contributed by atoms with Gasteiger partial charge in [0.15, 0.2) is 0 Å². The molecule has 1 fully saturated rings. The molecule has 14 heavy (non-hydrogen) atoms. The summed E-state index contributed by atoms with van der Waals surface area (Å²) in [5.74, 6) is 0. The molecule has 0 bridgehead atoms. The number of aliphatic hydroxyl groups is 1. The standard InChI is InChI=1S/C9H19O4P/c1-4-12-9(3)7-14(11,13-5-2)6-8(9)10/h8,10H,4-7H2,1-3H3. The average Bonchev–Trinajstić information content (AvgIpc) is 2.23. The Balaban J connectivity index is 2.72. The maximum atomic E-state index is 12.1. The first kappa shape index (κ1) is 12.2. The lowest BCUT2D eigenvalue weighted by Gasteiger charge is -2.26. The largest absolute Gasteiger partial charge is 0.390 e. The normalized spacial score (nSPS) is 43.0. The van der Waals surface area contributed by atoms with Gasteiger partial charge in [-0.2, -0.15) is 0 Å². The monoisotopic (exact) mass is 222 g/mol. The summed E-state index contributed by atoms with van der Waals surface area (Å²) in [6, 6.07) is 0. The van der Waals surface area contributed by atoms with Crippen molar-refractivity contribution in [2.24, 2.45) is 0 Å². The van der Waals surface area contributed by atoms with Gasteiger partial charge in [0.25, 0.3) is 0 Å². The van der Waals surface area contributed by atoms with Crippen LogP contribution < -0.4 is 0 Å². The van der Waals surface area contributed by atoms with Gasteiger partial charge in [0, 0.05) is 6.61 Å². The van der Waals surface area contributed by atoms with Crippen LogP contribution in [0.15, 0.2) is 0 Å². The molecule has 1 N–H and O–H groups in total. The van der Waals surface area contributed by atoms with E-state index < -0.39 is 19.1 Å². The smallest absolute Gasteiger partial charge is 0.208 e. The molecule has 3 atom stereocenters. The van der Waals surface area contributed by atoms with Crippen LogP contribution in [0.5, 0.6) is 0 Å². The molecule has 0 aliphatic carbocycles. The lowest BCUT2D eigenvalue weighted by Crippen LogP contribution is -2.40. The molecule has 3 unspecified atom stereocenters. The third-order valence-corrected chi connectivity index (χ3v) is 5.29. The van der Waals surface area contributed by atoms with Crippen LogP contribution in [-0.2, 0) is 13.8 Å². The summed E-state index contributed by atoms with van der Waals surface area (Å²) in [5, 5.41) is 9.76. The number of hydrogen-bond donors (Lipinski definition) is 1. The van der Waals surface area contributed by atoms with Crippen LogP contribution in [-0.4, -0.2) is 42.3 Å². The second-order valence-electron chi connectivity index (χ2n) is 3.83. The Morgan fingerprint density at radius 1 is 1.50 bits per heavy atom. The van der Waals surface area contributed by atoms with E-state index in [9.17, 15) is 9.67 Å². The second-order valence-corrected chi connectivity index (χ2v) is 6.40. The molecular formula is C9H19O4P. The van der Waals surface area contributed by atoms with Crippen molar-refractivity contribution in [3.8, 4) is 0 Å². The van der Waals surface area contributed by atoms with Gasteiger partial charge in [0.05, 0.1) is 25.0 Å². The van der Waals surface area contributed by atoms with Gasteiger partial charge in [-0.25, -0.2) is 0 Å². The van der Waals surface area contributed by atoms with Crippen molar-refractivity contribution in [2.75, 3.05) is 25.5 Å². The molecule has 1 saturated heterocycles. The number of hydrogen-bond acceptors (Lipinski definition) is 4. The molecule has 1 heterocycles. The first-order chi connectivity index (χ1) is 6.46. The summed E-state index contributed by atoms with van der Waals surface area (Å²) >= 11 is 0. The SMILES string of the molecule is CCOC1(C)CP(=O)(OCC)CC1O. The lowest BCUT2D eigenvalue weighted by atomic mass is 10.0. The molecular weight excluding hydrogens is 203 g/mol. The zero-order chi connectivity index (χ0) is 10.8. The van der Waals surface area contributed by atoms with E-state index in [1.165, 1.54) is 0 Å². The summed E-state index contributed by atoms with van der Waals surface area (Å²) in [6.45, 7) is 6.40. The Bertz CT molecular complexity index is 243. The molecule has 4 nitrogen and oxygen atoms in total. The van der Waals surface area contributed by atoms with Crippen molar-refractivity contribution in [1.82, 2.24) is 0 Å². The Morgan fingerprint density at radius 3 is 2.64 bits per heavy atom. The van der Waals surface area contributed by atoms with Crippen LogP contribution in [0.2, 0.25) is 0 Å². The summed E-state index contributed by atoms with van der Waals surface area (Å²) in [7, 11) is -2.65. The molecule has 5 heteroatoms. The van der Waals surface area contributed by atoms with Gasteiger partial charge < -0.3 is 14.4 Å². The van der Waals surface area contributed by atoms with E-state index in [2.05, 4.69) is 0 Å². The van der Waals surface area contributed by atoms with Crippen molar-refractivity contribution >= 4 is 7.37 Å². The minimum Gasteiger partial charge on any atom is -0.390 e. The molecule has 0 amide bonds. The van der Waals surface area contributed by atoms with Crippen molar-refractivity contribution in [3.63, 3.8) is 0 Å². The van der Waals surface area contributed by atoms with Crippen molar-refractivity contribution < 1.29 is 18.9 Å². The summed E-state index contributed by atoms with van der Waals surface area (Å²) in [6.07, 6.45) is -0.139. The van der Waals surface area contributed by atoms with Crippen LogP contribution >= 0.6 is 7.37 Å². The number of rotatable bonds is 4. The quantitative estimate of drug-likeness (QED) is 0.732. The van der Waals surface area contributed by atoms with Crippen LogP contribution in [0, 0.1) is 0 Å². The fourth-order valence-corrected chi connectivity index (χ4v) is 4.88. The molecule has 1 aliphatic rings. The lowest BCUT2D eigenvalue weighted by molar-refractivity contribution is -0.0777. The Kier molecular flexibility index (Phi) is 3.75. The fraction of sp³-hybridized carbons (Fsp3) is 1.00. The van der Waals surface area contributed by atoms with E-state index in [0.29, 0.717) is 19.4 Å². The van der Waals surface area contributed by atoms with E-state index in [-0.39, 0.29) is 6.16 Å². The third-order valence-electron chi connectivity index (χ3n) is 2.55. The predicted molar refractivity (Wildman–Crippen MR) is 55.0 cm³/mol. The van der Waals surface area contributed by atoms with Crippen LogP contribution in [0.1, 0.15) is 20.8 Å². The average molecular weight is 222 g/mol. The minimum absolute atomic E-state index is 0.220. The maximum absolute atomic E-state index is 12.1. The first-order valence-corrected chi connectivity index (χ1v) is 7.00. The third kappa shape index (κ3) is 2.37. The maximum Gasteiger partial charge on any atom is 0.208 e. The molecule has 0 aromatic rings. The molecule has 0 radical (unpaired) electrons. The number of ether oxygens (including phenoxy) is 1. The molecule has 1 rings (SSSR count). The van der Waals surface area contributed by atoms with Gasteiger partial charge in [-0.3, -0.25) is 4.57 Å². The summed E-state index contributed by atoms with van der Waals surface area (Å²) < 4.78 is 22.7. The van der Waals surface area contributed by atoms with Gasteiger partial charge in [-0.05, 0) is 20.8 Å². The molecule has 84 valence electrons. The Hall–Kier alpha value is 0.110. The van der Waals surface area contributed by atoms with Gasteiger partial charge >= 0.3 is 0 Å². The van der Waals surface area contributed by atoms with Crippen molar-refractivity contribution in [3.05, 3.63) is 0 Å². The molecule has 0 spiro atoms. The highest BCUT2D eigenvalue weighted by Crippen LogP contribution is 2.57. The minimum atomic E-state index is -2.65. The second kappa shape index (κ2) is 4.31. The topological polar surface area (TPSA) is 55.8 Å². The Labute approximate surface area is 85.1 Å². The zero-order valence-electron chi connectivity index (χ0n) is 9.02. The van der Waals surface area contributed by atoms with Crippen molar-refractivity contribution in [2.45, 2.75) is 32.5 Å². The highest BCUT2D eigenvalue weighted by molar-refractivity contribution is 7.59. The Morgan fingerprint density at radius 2 is 2.14 bits per heavy atom. The number of aliphatic hydroxyl groups excluding tert-OH is 1.